The maximum Gasteiger partial charge on any atom is 0.228 e. The molecule has 1 aromatic rings. The lowest BCUT2D eigenvalue weighted by molar-refractivity contribution is -0.130. The van der Waals surface area contributed by atoms with Crippen LogP contribution < -0.4 is 5.32 Å². The minimum Gasteiger partial charge on any atom is -0.506 e. The maximum absolute atomic E-state index is 12.2. The highest BCUT2D eigenvalue weighted by Crippen LogP contribution is 2.25. The standard InChI is InChI=1S/C18H23N3O2/c1-3-21(4-2)18(23)13-14-9-5-8-12-17(19-14)20-15-10-6-7-11-16(15)22/h5-11,22H,3-4,12-13H2,1-2H3,(H,19,20). The third-order valence-corrected chi connectivity index (χ3v) is 3.64. The molecule has 5 heteroatoms. The average Bonchev–Trinajstić information content (AvgIpc) is 2.76. The van der Waals surface area contributed by atoms with Gasteiger partial charge in [-0.05, 0) is 32.1 Å². The molecule has 0 fully saturated rings. The fourth-order valence-corrected chi connectivity index (χ4v) is 2.37. The molecular formula is C18H23N3O2. The third kappa shape index (κ3) is 4.71. The van der Waals surface area contributed by atoms with E-state index in [0.29, 0.717) is 37.5 Å². The number of nitrogens with zero attached hydrogens (tertiary/aromatic N) is 2. The fraction of sp³-hybridized carbons (Fsp3) is 0.333. The van der Waals surface area contributed by atoms with Gasteiger partial charge >= 0.3 is 0 Å². The van der Waals surface area contributed by atoms with E-state index >= 15 is 0 Å². The van der Waals surface area contributed by atoms with E-state index in [1.54, 1.807) is 23.1 Å². The summed E-state index contributed by atoms with van der Waals surface area (Å²) in [7, 11) is 0. The quantitative estimate of drug-likeness (QED) is 0.878. The van der Waals surface area contributed by atoms with Gasteiger partial charge in [0.05, 0.1) is 6.42 Å². The van der Waals surface area contributed by atoms with Gasteiger partial charge in [-0.1, -0.05) is 24.3 Å². The number of nitrogens with one attached hydrogen (secondary N) is 1. The topological polar surface area (TPSA) is 64.9 Å². The van der Waals surface area contributed by atoms with Gasteiger partial charge in [-0.15, -0.1) is 0 Å². The Morgan fingerprint density at radius 1 is 1.30 bits per heavy atom. The Bertz CT molecular complexity index is 643. The SMILES string of the molecule is CCN(CC)C(=O)CC1=CC=CCC(=Nc2ccccc2O)N1. The fourth-order valence-electron chi connectivity index (χ4n) is 2.37. The second-order valence-electron chi connectivity index (χ2n) is 5.24. The number of phenolic OH excluding ortho intramolecular Hbond substituents is 1. The maximum atomic E-state index is 12.2. The summed E-state index contributed by atoms with van der Waals surface area (Å²) < 4.78 is 0. The minimum atomic E-state index is 0.0889. The molecule has 0 bridgehead atoms. The molecule has 0 atom stereocenters. The average molecular weight is 313 g/mol. The van der Waals surface area contributed by atoms with Crippen molar-refractivity contribution in [3.8, 4) is 5.75 Å². The Balaban J connectivity index is 2.12. The van der Waals surface area contributed by atoms with E-state index in [9.17, 15) is 9.90 Å². The number of aliphatic imine (C=N–C) groups is 1. The summed E-state index contributed by atoms with van der Waals surface area (Å²) in [6.07, 6.45) is 6.72. The van der Waals surface area contributed by atoms with Crippen LogP contribution in [0.4, 0.5) is 5.69 Å². The van der Waals surface area contributed by atoms with E-state index < -0.39 is 0 Å². The Morgan fingerprint density at radius 2 is 2.04 bits per heavy atom. The van der Waals surface area contributed by atoms with Crippen molar-refractivity contribution in [1.29, 1.82) is 0 Å². The molecule has 0 spiro atoms. The molecule has 1 heterocycles. The van der Waals surface area contributed by atoms with Crippen LogP contribution in [0.1, 0.15) is 26.7 Å². The van der Waals surface area contributed by atoms with E-state index in [2.05, 4.69) is 10.3 Å². The molecular weight excluding hydrogens is 290 g/mol. The number of phenols is 1. The molecule has 2 N–H and O–H groups in total. The van der Waals surface area contributed by atoms with Gasteiger partial charge in [0.1, 0.15) is 17.3 Å². The van der Waals surface area contributed by atoms with Gasteiger partial charge < -0.3 is 15.3 Å². The van der Waals surface area contributed by atoms with Gasteiger partial charge in [0.25, 0.3) is 0 Å². The van der Waals surface area contributed by atoms with Gasteiger partial charge in [0, 0.05) is 25.2 Å². The number of rotatable bonds is 5. The lowest BCUT2D eigenvalue weighted by Gasteiger charge is -2.20. The largest absolute Gasteiger partial charge is 0.506 e. The van der Waals surface area contributed by atoms with Gasteiger partial charge in [-0.2, -0.15) is 0 Å². The van der Waals surface area contributed by atoms with Gasteiger partial charge in [0.15, 0.2) is 0 Å². The van der Waals surface area contributed by atoms with Gasteiger partial charge in [-0.3, -0.25) is 4.79 Å². The third-order valence-electron chi connectivity index (χ3n) is 3.64. The second kappa shape index (κ2) is 8.17. The summed E-state index contributed by atoms with van der Waals surface area (Å²) in [4.78, 5) is 18.5. The van der Waals surface area contributed by atoms with Crippen molar-refractivity contribution >= 4 is 17.4 Å². The highest BCUT2D eigenvalue weighted by atomic mass is 16.3. The number of para-hydroxylation sites is 2. The van der Waals surface area contributed by atoms with Crippen LogP contribution in [0.2, 0.25) is 0 Å². The minimum absolute atomic E-state index is 0.0889. The van der Waals surface area contributed by atoms with E-state index in [4.69, 9.17) is 0 Å². The molecule has 122 valence electrons. The van der Waals surface area contributed by atoms with E-state index in [1.165, 1.54) is 0 Å². The van der Waals surface area contributed by atoms with Crippen LogP contribution >= 0.6 is 0 Å². The number of amides is 1. The second-order valence-corrected chi connectivity index (χ2v) is 5.24. The van der Waals surface area contributed by atoms with Gasteiger partial charge in [-0.25, -0.2) is 4.99 Å². The first-order valence-electron chi connectivity index (χ1n) is 7.90. The highest BCUT2D eigenvalue weighted by Gasteiger charge is 2.14. The van der Waals surface area contributed by atoms with E-state index in [0.717, 1.165) is 5.70 Å². The van der Waals surface area contributed by atoms with Crippen molar-refractivity contribution in [2.45, 2.75) is 26.7 Å². The van der Waals surface area contributed by atoms with Crippen LogP contribution in [-0.2, 0) is 4.79 Å². The zero-order valence-corrected chi connectivity index (χ0v) is 13.6. The molecule has 2 rings (SSSR count). The lowest BCUT2D eigenvalue weighted by Crippen LogP contribution is -2.33. The molecule has 0 unspecified atom stereocenters. The Kier molecular flexibility index (Phi) is 5.97. The van der Waals surface area contributed by atoms with Crippen molar-refractivity contribution in [2.75, 3.05) is 13.1 Å². The molecule has 23 heavy (non-hydrogen) atoms. The number of allylic oxidation sites excluding steroid dienone is 2. The Morgan fingerprint density at radius 3 is 2.74 bits per heavy atom. The molecule has 5 nitrogen and oxygen atoms in total. The normalized spacial score (nSPS) is 15.7. The predicted molar refractivity (Wildman–Crippen MR) is 92.7 cm³/mol. The van der Waals surface area contributed by atoms with Crippen LogP contribution in [0.15, 0.2) is 53.2 Å². The number of hydrogen-bond acceptors (Lipinski definition) is 3. The number of amidine groups is 1. The summed E-state index contributed by atoms with van der Waals surface area (Å²) >= 11 is 0. The predicted octanol–water partition coefficient (Wildman–Crippen LogP) is 3.11. The van der Waals surface area contributed by atoms with Crippen LogP contribution in [0, 0.1) is 0 Å². The zero-order valence-electron chi connectivity index (χ0n) is 13.6. The lowest BCUT2D eigenvalue weighted by atomic mass is 10.2. The van der Waals surface area contributed by atoms with Crippen molar-refractivity contribution in [3.05, 3.63) is 48.2 Å². The smallest absolute Gasteiger partial charge is 0.228 e. The first-order valence-corrected chi connectivity index (χ1v) is 7.90. The van der Waals surface area contributed by atoms with Gasteiger partial charge in [0.2, 0.25) is 5.91 Å². The number of benzene rings is 1. The number of carbonyl (C=O) groups excluding carboxylic acids is 1. The first-order chi connectivity index (χ1) is 11.1. The van der Waals surface area contributed by atoms with Crippen molar-refractivity contribution < 1.29 is 9.90 Å². The Hall–Kier alpha value is -2.56. The first kappa shape index (κ1) is 16.8. The molecule has 1 amide bonds. The van der Waals surface area contributed by atoms with E-state index in [-0.39, 0.29) is 11.7 Å². The van der Waals surface area contributed by atoms with Crippen molar-refractivity contribution in [2.24, 2.45) is 4.99 Å². The zero-order chi connectivity index (χ0) is 16.7. The molecule has 1 aliphatic rings. The number of hydrogen-bond donors (Lipinski definition) is 2. The molecule has 0 saturated carbocycles. The van der Waals surface area contributed by atoms with Crippen LogP contribution in [-0.4, -0.2) is 34.8 Å². The van der Waals surface area contributed by atoms with E-state index in [1.807, 2.05) is 38.1 Å². The number of aromatic hydroxyl groups is 1. The molecule has 0 aromatic heterocycles. The van der Waals surface area contributed by atoms with Crippen molar-refractivity contribution in [3.63, 3.8) is 0 Å². The summed E-state index contributed by atoms with van der Waals surface area (Å²) in [5, 5.41) is 13.0. The summed E-state index contributed by atoms with van der Waals surface area (Å²) in [5.74, 6) is 0.935. The molecule has 1 aliphatic heterocycles. The van der Waals surface area contributed by atoms with Crippen LogP contribution in [0.25, 0.3) is 0 Å². The molecule has 0 aliphatic carbocycles. The van der Waals surface area contributed by atoms with Crippen molar-refractivity contribution in [1.82, 2.24) is 10.2 Å². The Labute approximate surface area is 137 Å². The van der Waals surface area contributed by atoms with Crippen LogP contribution in [0.5, 0.6) is 5.75 Å². The summed E-state index contributed by atoms with van der Waals surface area (Å²) in [6, 6.07) is 6.94. The molecule has 1 aromatic carbocycles. The highest BCUT2D eigenvalue weighted by molar-refractivity contribution is 5.90. The molecule has 0 radical (unpaired) electrons. The van der Waals surface area contributed by atoms with Crippen LogP contribution in [0.3, 0.4) is 0 Å². The molecule has 0 saturated heterocycles. The summed E-state index contributed by atoms with van der Waals surface area (Å²) in [5.41, 5.74) is 1.32. The monoisotopic (exact) mass is 313 g/mol. The number of carbonyl (C=O) groups is 1. The summed E-state index contributed by atoms with van der Waals surface area (Å²) in [6.45, 7) is 5.36.